The summed E-state index contributed by atoms with van der Waals surface area (Å²) in [4.78, 5) is 20.1. The number of thiol groups is 1. The first-order chi connectivity index (χ1) is 30.9. The van der Waals surface area contributed by atoms with Gasteiger partial charge in [-0.1, -0.05) is 70.6 Å². The summed E-state index contributed by atoms with van der Waals surface area (Å²) in [6.45, 7) is 9.23. The van der Waals surface area contributed by atoms with E-state index in [0.29, 0.717) is 71.2 Å². The first-order valence-corrected chi connectivity index (χ1v) is 26.1. The molecule has 5 aromatic heterocycles. The number of halogens is 2. The van der Waals surface area contributed by atoms with Gasteiger partial charge in [0, 0.05) is 43.3 Å². The van der Waals surface area contributed by atoms with E-state index in [0.717, 1.165) is 63.3 Å². The number of hydrogen-bond acceptors (Lipinski definition) is 21. The van der Waals surface area contributed by atoms with E-state index in [2.05, 4.69) is 107 Å². The zero-order chi connectivity index (χ0) is 44.7. The maximum absolute atomic E-state index is 12.0. The van der Waals surface area contributed by atoms with Crippen molar-refractivity contribution in [1.29, 1.82) is 0 Å². The Morgan fingerprint density at radius 1 is 0.859 bits per heavy atom. The van der Waals surface area contributed by atoms with Crippen LogP contribution in [0.5, 0.6) is 0 Å². The van der Waals surface area contributed by atoms with E-state index in [4.69, 9.17) is 38.2 Å². The molecule has 0 spiro atoms. The molecule has 0 atom stereocenters. The van der Waals surface area contributed by atoms with Gasteiger partial charge in [0.15, 0.2) is 19.4 Å². The van der Waals surface area contributed by atoms with Crippen molar-refractivity contribution >= 4 is 180 Å². The van der Waals surface area contributed by atoms with Crippen molar-refractivity contribution in [3.63, 3.8) is 0 Å². The second kappa shape index (κ2) is 18.7. The summed E-state index contributed by atoms with van der Waals surface area (Å²) in [5.74, 6) is 1.07. The van der Waals surface area contributed by atoms with Gasteiger partial charge in [-0.15, -0.1) is 44.4 Å². The molecule has 0 saturated carbocycles. The van der Waals surface area contributed by atoms with Crippen molar-refractivity contribution < 1.29 is 13.0 Å². The van der Waals surface area contributed by atoms with Gasteiger partial charge in [-0.05, 0) is 91.4 Å². The molecule has 0 saturated heterocycles. The summed E-state index contributed by atoms with van der Waals surface area (Å²) < 4.78 is 42.8. The van der Waals surface area contributed by atoms with E-state index in [1.165, 1.54) is 34.6 Å². The minimum atomic E-state index is -4.57. The standard InChI is InChI=1S/C39H33Cl2N13O3S7/c1-4-53(5-2)21-10-12-23(47-49-31-27-29(40)35(58)60-33(27)51-62-31)25(15-21)42-37-44-38-43-26-16-22(54(6-3)17-19-8-7-9-20(14-19)18-59-39(45-37)46-38)11-13-24(26)48-50-32-28-30(41)36(64(55,56)57)61-34(28)52-63-32/h7-16,58H,4-6,17-18H2,1-3H3,(H,55,56,57)(H2,42,43,44,45,46)/b49-47+,50-48+. The van der Waals surface area contributed by atoms with Crippen LogP contribution in [0.1, 0.15) is 31.9 Å². The third-order valence-corrected chi connectivity index (χ3v) is 17.5. The molecule has 16 nitrogen and oxygen atoms in total. The average Bonchev–Trinajstić information content (AvgIpc) is 4.03. The predicted octanol–water partition coefficient (Wildman–Crippen LogP) is 13.9. The Kier molecular flexibility index (Phi) is 13.1. The number of nitrogens with one attached hydrogen (secondary N) is 2. The van der Waals surface area contributed by atoms with Crippen molar-refractivity contribution in [1.82, 2.24) is 23.7 Å². The highest BCUT2D eigenvalue weighted by molar-refractivity contribution is 7.98. The Balaban J connectivity index is 1.13. The molecule has 6 bridgehead atoms. The molecule has 1 aliphatic heterocycles. The van der Waals surface area contributed by atoms with E-state index in [-0.39, 0.29) is 27.3 Å². The van der Waals surface area contributed by atoms with Crippen LogP contribution in [0.25, 0.3) is 20.4 Å². The van der Waals surface area contributed by atoms with Crippen LogP contribution < -0.4 is 20.4 Å². The van der Waals surface area contributed by atoms with Crippen molar-refractivity contribution in [2.24, 2.45) is 20.5 Å². The van der Waals surface area contributed by atoms with Gasteiger partial charge < -0.3 is 20.4 Å². The van der Waals surface area contributed by atoms with Crippen LogP contribution in [0.15, 0.2) is 94.7 Å². The van der Waals surface area contributed by atoms with Gasteiger partial charge in [0.25, 0.3) is 0 Å². The Morgan fingerprint density at radius 3 is 2.30 bits per heavy atom. The van der Waals surface area contributed by atoms with Crippen molar-refractivity contribution in [3.05, 3.63) is 81.8 Å². The van der Waals surface area contributed by atoms with Crippen LogP contribution in [0.2, 0.25) is 10.0 Å². The maximum Gasteiger partial charge on any atom is 0.305 e. The third kappa shape index (κ3) is 9.28. The normalized spacial score (nSPS) is 13.3. The summed E-state index contributed by atoms with van der Waals surface area (Å²) in [7, 11) is -4.57. The van der Waals surface area contributed by atoms with Gasteiger partial charge in [0.2, 0.25) is 11.9 Å². The smallest absolute Gasteiger partial charge is 0.305 e. The second-order valence-electron chi connectivity index (χ2n) is 13.8. The van der Waals surface area contributed by atoms with Crippen molar-refractivity contribution in [2.45, 2.75) is 46.6 Å². The minimum Gasteiger partial charge on any atom is -0.372 e. The second-order valence-corrected chi connectivity index (χ2v) is 21.4. The number of benzene rings is 3. The topological polar surface area (TPSA) is 199 Å². The highest BCUT2D eigenvalue weighted by Gasteiger charge is 2.25. The van der Waals surface area contributed by atoms with Gasteiger partial charge in [-0.3, -0.25) is 4.55 Å². The zero-order valence-electron chi connectivity index (χ0n) is 33.6. The fourth-order valence-corrected chi connectivity index (χ4v) is 13.3. The Morgan fingerprint density at radius 2 is 1.56 bits per heavy atom. The quantitative estimate of drug-likeness (QED) is 0.0542. The van der Waals surface area contributed by atoms with Crippen LogP contribution in [0, 0.1) is 0 Å². The number of thioether (sulfide) groups is 1. The molecule has 9 rings (SSSR count). The first-order valence-electron chi connectivity index (χ1n) is 19.3. The molecule has 3 aromatic carbocycles. The molecule has 0 radical (unpaired) electrons. The molecule has 3 N–H and O–H groups in total. The number of aromatic nitrogens is 5. The number of thiophene rings is 2. The minimum absolute atomic E-state index is 0.162. The van der Waals surface area contributed by atoms with E-state index >= 15 is 0 Å². The highest BCUT2D eigenvalue weighted by Crippen LogP contribution is 2.47. The van der Waals surface area contributed by atoms with Gasteiger partial charge in [-0.2, -0.15) is 32.1 Å². The lowest BCUT2D eigenvalue weighted by atomic mass is 10.1. The van der Waals surface area contributed by atoms with Crippen LogP contribution in [0.3, 0.4) is 0 Å². The Bertz CT molecular complexity index is 3240. The fraction of sp³-hybridized carbons (Fsp3) is 0.205. The third-order valence-electron chi connectivity index (χ3n) is 9.88. The van der Waals surface area contributed by atoms with Crippen LogP contribution in [-0.4, -0.2) is 56.3 Å². The number of rotatable bonds is 11. The average molecular weight is 1030 g/mol. The number of nitrogens with zero attached hydrogens (tertiary/aromatic N) is 11. The number of hydrogen-bond donors (Lipinski definition) is 4. The number of fused-ring (bicyclic) bond motifs is 8. The monoisotopic (exact) mass is 1030 g/mol. The molecule has 328 valence electrons. The molecule has 8 aromatic rings. The molecule has 6 heterocycles. The summed E-state index contributed by atoms with van der Waals surface area (Å²) in [6.07, 6.45) is 0. The molecule has 0 aliphatic carbocycles. The molecule has 64 heavy (non-hydrogen) atoms. The first kappa shape index (κ1) is 44.6. The van der Waals surface area contributed by atoms with Gasteiger partial charge in [0.1, 0.15) is 21.0 Å². The van der Waals surface area contributed by atoms with Crippen LogP contribution in [-0.2, 0) is 22.4 Å². The molecular weight excluding hydrogens is 994 g/mol. The lowest BCUT2D eigenvalue weighted by Gasteiger charge is -2.25. The molecular formula is C39H33Cl2N13O3S7. The van der Waals surface area contributed by atoms with E-state index in [1.807, 2.05) is 36.4 Å². The zero-order valence-corrected chi connectivity index (χ0v) is 40.9. The molecule has 1 aliphatic rings. The fourth-order valence-electron chi connectivity index (χ4n) is 6.78. The van der Waals surface area contributed by atoms with Crippen molar-refractivity contribution in [2.75, 3.05) is 40.1 Å². The van der Waals surface area contributed by atoms with E-state index in [1.54, 1.807) is 0 Å². The number of azo groups is 2. The Hall–Kier alpha value is -4.56. The van der Waals surface area contributed by atoms with E-state index in [9.17, 15) is 13.0 Å². The van der Waals surface area contributed by atoms with Gasteiger partial charge >= 0.3 is 10.1 Å². The van der Waals surface area contributed by atoms with Crippen LogP contribution in [0.4, 0.5) is 56.0 Å². The van der Waals surface area contributed by atoms with Crippen molar-refractivity contribution in [3.8, 4) is 0 Å². The predicted molar refractivity (Wildman–Crippen MR) is 266 cm³/mol. The lowest BCUT2D eigenvalue weighted by molar-refractivity contribution is 0.485. The van der Waals surface area contributed by atoms with Gasteiger partial charge in [-0.25, -0.2) is 0 Å². The molecule has 0 fully saturated rings. The molecule has 0 amide bonds. The summed E-state index contributed by atoms with van der Waals surface area (Å²) in [5.41, 5.74) is 6.20. The highest BCUT2D eigenvalue weighted by atomic mass is 35.5. The summed E-state index contributed by atoms with van der Waals surface area (Å²) >= 11 is 23.3. The summed E-state index contributed by atoms with van der Waals surface area (Å²) in [5, 5.41) is 27.8. The number of anilines is 6. The van der Waals surface area contributed by atoms with Gasteiger partial charge in [0.05, 0.1) is 36.4 Å². The SMILES string of the molecule is CCN(CC)c1ccc(/N=N/c2snc3sc(S)c(Cl)c23)c(Nc2nc3nc(n2)SCc2cccc(c2)CN(CC)c2ccc(/N=N/c4snc5sc(S(=O)(=O)O)c(Cl)c45)c(c2)N3)c1. The molecule has 0 unspecified atom stereocenters. The Labute approximate surface area is 402 Å². The summed E-state index contributed by atoms with van der Waals surface area (Å²) in [6, 6.07) is 20.1. The largest absolute Gasteiger partial charge is 0.372 e. The van der Waals surface area contributed by atoms with Crippen LogP contribution >= 0.6 is 93.3 Å². The van der Waals surface area contributed by atoms with E-state index < -0.39 is 14.3 Å². The lowest BCUT2D eigenvalue weighted by Crippen LogP contribution is -2.22. The maximum atomic E-state index is 12.0. The molecule has 25 heteroatoms.